The fourth-order valence-corrected chi connectivity index (χ4v) is 2.69. The number of hydrogen-bond donors (Lipinski definition) is 1. The van der Waals surface area contributed by atoms with Gasteiger partial charge in [-0.1, -0.05) is 6.92 Å². The van der Waals surface area contributed by atoms with E-state index >= 15 is 0 Å². The summed E-state index contributed by atoms with van der Waals surface area (Å²) in [7, 11) is 4.15. The van der Waals surface area contributed by atoms with Crippen LogP contribution in [0.1, 0.15) is 31.9 Å². The molecule has 98 valence electrons. The molecule has 0 radical (unpaired) electrons. The highest BCUT2D eigenvalue weighted by atomic mass is 79.9. The van der Waals surface area contributed by atoms with Crippen LogP contribution in [0.15, 0.2) is 10.7 Å². The summed E-state index contributed by atoms with van der Waals surface area (Å²) in [5, 5.41) is 4.42. The minimum atomic E-state index is 0.217. The molecular weight excluding hydrogens is 280 g/mol. The SMILES string of the molecule is CC(N)CC(C)c1c(Br)cnn1CCN(C)C. The van der Waals surface area contributed by atoms with Gasteiger partial charge in [0.25, 0.3) is 0 Å². The first-order valence-corrected chi connectivity index (χ1v) is 6.82. The van der Waals surface area contributed by atoms with Crippen molar-refractivity contribution < 1.29 is 0 Å². The second-order valence-electron chi connectivity index (χ2n) is 5.02. The van der Waals surface area contributed by atoms with E-state index in [1.807, 2.05) is 13.1 Å². The smallest absolute Gasteiger partial charge is 0.0635 e. The van der Waals surface area contributed by atoms with Crippen LogP contribution >= 0.6 is 15.9 Å². The standard InChI is InChI=1S/C12H23BrN4/c1-9(7-10(2)14)12-11(13)8-15-17(12)6-5-16(3)4/h8-10H,5-7,14H2,1-4H3. The van der Waals surface area contributed by atoms with Gasteiger partial charge in [0.15, 0.2) is 0 Å². The third-order valence-electron chi connectivity index (χ3n) is 2.78. The maximum Gasteiger partial charge on any atom is 0.0635 e. The van der Waals surface area contributed by atoms with Crippen molar-refractivity contribution in [2.75, 3.05) is 20.6 Å². The summed E-state index contributed by atoms with van der Waals surface area (Å²) in [6.07, 6.45) is 2.86. The molecule has 0 fully saturated rings. The largest absolute Gasteiger partial charge is 0.328 e. The van der Waals surface area contributed by atoms with Gasteiger partial charge in [0.1, 0.15) is 0 Å². The van der Waals surface area contributed by atoms with Gasteiger partial charge in [-0.25, -0.2) is 0 Å². The molecule has 0 spiro atoms. The molecule has 0 saturated heterocycles. The molecule has 0 aliphatic rings. The van der Waals surface area contributed by atoms with Crippen LogP contribution in [0.2, 0.25) is 0 Å². The molecule has 2 unspecified atom stereocenters. The summed E-state index contributed by atoms with van der Waals surface area (Å²) >= 11 is 3.58. The monoisotopic (exact) mass is 302 g/mol. The Morgan fingerprint density at radius 1 is 1.47 bits per heavy atom. The second-order valence-corrected chi connectivity index (χ2v) is 5.87. The van der Waals surface area contributed by atoms with Crippen molar-refractivity contribution in [2.45, 2.75) is 38.8 Å². The molecule has 1 rings (SSSR count). The van der Waals surface area contributed by atoms with Crippen molar-refractivity contribution in [1.82, 2.24) is 14.7 Å². The van der Waals surface area contributed by atoms with E-state index < -0.39 is 0 Å². The Balaban J connectivity index is 2.78. The average molecular weight is 303 g/mol. The maximum atomic E-state index is 5.87. The molecule has 0 aliphatic carbocycles. The summed E-state index contributed by atoms with van der Waals surface area (Å²) < 4.78 is 3.17. The van der Waals surface area contributed by atoms with Gasteiger partial charge in [0, 0.05) is 18.5 Å². The number of aromatic nitrogens is 2. The Labute approximate surface area is 112 Å². The summed E-state index contributed by atoms with van der Waals surface area (Å²) in [6, 6.07) is 0.217. The predicted molar refractivity (Wildman–Crippen MR) is 75.2 cm³/mol. The van der Waals surface area contributed by atoms with Gasteiger partial charge in [-0.2, -0.15) is 5.10 Å². The minimum absolute atomic E-state index is 0.217. The van der Waals surface area contributed by atoms with E-state index in [1.54, 1.807) is 0 Å². The van der Waals surface area contributed by atoms with Gasteiger partial charge in [0.2, 0.25) is 0 Å². The predicted octanol–water partition coefficient (Wildman–Crippen LogP) is 2.05. The Morgan fingerprint density at radius 2 is 2.12 bits per heavy atom. The van der Waals surface area contributed by atoms with Crippen molar-refractivity contribution >= 4 is 15.9 Å². The fourth-order valence-electron chi connectivity index (χ4n) is 2.00. The lowest BCUT2D eigenvalue weighted by Gasteiger charge is -2.18. The Morgan fingerprint density at radius 3 is 2.65 bits per heavy atom. The highest BCUT2D eigenvalue weighted by molar-refractivity contribution is 9.10. The van der Waals surface area contributed by atoms with Crippen molar-refractivity contribution in [1.29, 1.82) is 0 Å². The Hall–Kier alpha value is -0.390. The van der Waals surface area contributed by atoms with Crippen LogP contribution in [0.4, 0.5) is 0 Å². The van der Waals surface area contributed by atoms with E-state index in [4.69, 9.17) is 5.73 Å². The van der Waals surface area contributed by atoms with E-state index in [-0.39, 0.29) is 6.04 Å². The fraction of sp³-hybridized carbons (Fsp3) is 0.750. The lowest BCUT2D eigenvalue weighted by Crippen LogP contribution is -2.23. The van der Waals surface area contributed by atoms with E-state index in [1.165, 1.54) is 5.69 Å². The van der Waals surface area contributed by atoms with Crippen molar-refractivity contribution in [3.8, 4) is 0 Å². The molecular formula is C12H23BrN4. The molecule has 4 nitrogen and oxygen atoms in total. The third-order valence-corrected chi connectivity index (χ3v) is 3.40. The molecule has 2 N–H and O–H groups in total. The molecule has 1 aromatic rings. The van der Waals surface area contributed by atoms with Crippen LogP contribution in [0.3, 0.4) is 0 Å². The summed E-state index contributed by atoms with van der Waals surface area (Å²) in [5.41, 5.74) is 7.12. The molecule has 5 heteroatoms. The first-order chi connectivity index (χ1) is 7.91. The summed E-state index contributed by atoms with van der Waals surface area (Å²) in [4.78, 5) is 2.16. The van der Waals surface area contributed by atoms with Gasteiger partial charge in [-0.3, -0.25) is 4.68 Å². The zero-order valence-electron chi connectivity index (χ0n) is 11.2. The van der Waals surface area contributed by atoms with Gasteiger partial charge in [-0.05, 0) is 43.4 Å². The molecule has 0 amide bonds. The van der Waals surface area contributed by atoms with E-state index in [0.29, 0.717) is 5.92 Å². The van der Waals surface area contributed by atoms with Crippen LogP contribution in [0.25, 0.3) is 0 Å². The average Bonchev–Trinajstić information content (AvgIpc) is 2.55. The molecule has 0 bridgehead atoms. The zero-order valence-corrected chi connectivity index (χ0v) is 12.7. The van der Waals surface area contributed by atoms with E-state index in [2.05, 4.69) is 51.6 Å². The van der Waals surface area contributed by atoms with Crippen LogP contribution in [0.5, 0.6) is 0 Å². The van der Waals surface area contributed by atoms with Crippen LogP contribution in [0, 0.1) is 0 Å². The Bertz CT molecular complexity index is 346. The number of rotatable bonds is 6. The summed E-state index contributed by atoms with van der Waals surface area (Å²) in [6.45, 7) is 6.16. The van der Waals surface area contributed by atoms with Gasteiger partial charge in [-0.15, -0.1) is 0 Å². The molecule has 1 heterocycles. The number of hydrogen-bond acceptors (Lipinski definition) is 3. The highest BCUT2D eigenvalue weighted by Gasteiger charge is 2.17. The normalized spacial score (nSPS) is 15.2. The third kappa shape index (κ3) is 4.41. The van der Waals surface area contributed by atoms with E-state index in [9.17, 15) is 0 Å². The second kappa shape index (κ2) is 6.52. The quantitative estimate of drug-likeness (QED) is 0.875. The first kappa shape index (κ1) is 14.7. The number of nitrogens with zero attached hydrogens (tertiary/aromatic N) is 3. The minimum Gasteiger partial charge on any atom is -0.328 e. The first-order valence-electron chi connectivity index (χ1n) is 6.03. The van der Waals surface area contributed by atoms with Gasteiger partial charge in [0.05, 0.1) is 22.9 Å². The van der Waals surface area contributed by atoms with Gasteiger partial charge >= 0.3 is 0 Å². The van der Waals surface area contributed by atoms with E-state index in [0.717, 1.165) is 24.0 Å². The molecule has 2 atom stereocenters. The summed E-state index contributed by atoms with van der Waals surface area (Å²) in [5.74, 6) is 0.425. The van der Waals surface area contributed by atoms with Crippen molar-refractivity contribution in [2.24, 2.45) is 5.73 Å². The molecule has 0 saturated carbocycles. The van der Waals surface area contributed by atoms with Crippen LogP contribution in [-0.2, 0) is 6.54 Å². The van der Waals surface area contributed by atoms with Crippen LogP contribution < -0.4 is 5.73 Å². The highest BCUT2D eigenvalue weighted by Crippen LogP contribution is 2.27. The number of likely N-dealkylation sites (N-methyl/N-ethyl adjacent to an activating group) is 1. The lowest BCUT2D eigenvalue weighted by molar-refractivity contribution is 0.365. The molecule has 1 aromatic heterocycles. The number of nitrogens with two attached hydrogens (primary N) is 1. The van der Waals surface area contributed by atoms with Crippen LogP contribution in [-0.4, -0.2) is 41.4 Å². The lowest BCUT2D eigenvalue weighted by atomic mass is 10.00. The molecule has 0 aromatic carbocycles. The maximum absolute atomic E-state index is 5.87. The van der Waals surface area contributed by atoms with Crippen molar-refractivity contribution in [3.05, 3.63) is 16.4 Å². The van der Waals surface area contributed by atoms with Crippen molar-refractivity contribution in [3.63, 3.8) is 0 Å². The molecule has 0 aliphatic heterocycles. The van der Waals surface area contributed by atoms with Gasteiger partial charge < -0.3 is 10.6 Å². The zero-order chi connectivity index (χ0) is 13.0. The topological polar surface area (TPSA) is 47.1 Å². The number of halogens is 1. The Kier molecular flexibility index (Phi) is 5.62. The molecule has 17 heavy (non-hydrogen) atoms.